The van der Waals surface area contributed by atoms with Gasteiger partial charge >= 0.3 is 5.76 Å². The molecule has 8 heteroatoms. The van der Waals surface area contributed by atoms with Gasteiger partial charge in [-0.25, -0.2) is 8.42 Å². The van der Waals surface area contributed by atoms with Crippen LogP contribution in [0.25, 0.3) is 11.3 Å². The number of sulfone groups is 1. The van der Waals surface area contributed by atoms with Crippen LogP contribution in [0, 0.1) is 0 Å². The number of benzene rings is 1. The zero-order chi connectivity index (χ0) is 14.8. The summed E-state index contributed by atoms with van der Waals surface area (Å²) in [6.07, 6.45) is 1.65. The van der Waals surface area contributed by atoms with E-state index in [4.69, 9.17) is 0 Å². The van der Waals surface area contributed by atoms with Crippen molar-refractivity contribution in [3.8, 4) is 11.3 Å². The lowest BCUT2D eigenvalue weighted by Gasteiger charge is -2.06. The lowest BCUT2D eigenvalue weighted by molar-refractivity contribution is 0.234. The van der Waals surface area contributed by atoms with Crippen molar-refractivity contribution in [2.75, 3.05) is 7.05 Å². The van der Waals surface area contributed by atoms with Gasteiger partial charge in [-0.1, -0.05) is 12.1 Å². The molecule has 2 rings (SSSR count). The highest BCUT2D eigenvalue weighted by Gasteiger charge is 2.26. The molecule has 0 unspecified atom stereocenters. The van der Waals surface area contributed by atoms with Crippen molar-refractivity contribution in [1.29, 1.82) is 0 Å². The molecule has 0 fully saturated rings. The fourth-order valence-corrected chi connectivity index (χ4v) is 2.52. The van der Waals surface area contributed by atoms with Gasteiger partial charge in [0.1, 0.15) is 0 Å². The molecule has 0 amide bonds. The molecule has 0 atom stereocenters. The Kier molecular flexibility index (Phi) is 4.15. The maximum absolute atomic E-state index is 12.4. The number of rotatable bonds is 5. The maximum Gasteiger partial charge on any atom is 0.341 e. The van der Waals surface area contributed by atoms with Crippen LogP contribution in [0.1, 0.15) is 5.56 Å². The van der Waals surface area contributed by atoms with Crippen LogP contribution >= 0.6 is 0 Å². The summed E-state index contributed by atoms with van der Waals surface area (Å²) in [5, 5.41) is 9.69. The van der Waals surface area contributed by atoms with Gasteiger partial charge in [-0.05, 0) is 24.7 Å². The van der Waals surface area contributed by atoms with E-state index in [-0.39, 0.29) is 0 Å². The number of nitrogens with one attached hydrogen (secondary N) is 2. The lowest BCUT2D eigenvalue weighted by atomic mass is 10.1. The first-order valence-corrected chi connectivity index (χ1v) is 7.30. The Balaban J connectivity index is 2.36. The highest BCUT2D eigenvalue weighted by molar-refractivity contribution is 7.91. The summed E-state index contributed by atoms with van der Waals surface area (Å²) in [6, 6.07) is 5.28. The maximum atomic E-state index is 12.4. The van der Waals surface area contributed by atoms with Crippen LogP contribution in [0.4, 0.5) is 8.78 Å². The van der Waals surface area contributed by atoms with Crippen LogP contribution in [0.15, 0.2) is 35.4 Å². The molecule has 5 nitrogen and oxygen atoms in total. The first-order chi connectivity index (χ1) is 9.46. The highest BCUT2D eigenvalue weighted by atomic mass is 32.2. The van der Waals surface area contributed by atoms with Crippen LogP contribution in [0.5, 0.6) is 0 Å². The summed E-state index contributed by atoms with van der Waals surface area (Å²) in [5.41, 5.74) is 2.30. The van der Waals surface area contributed by atoms with Gasteiger partial charge in [-0.2, -0.15) is 13.9 Å². The molecule has 2 aromatic rings. The van der Waals surface area contributed by atoms with Crippen molar-refractivity contribution in [1.82, 2.24) is 15.5 Å². The Labute approximate surface area is 114 Å². The first kappa shape index (κ1) is 14.6. The van der Waals surface area contributed by atoms with Crippen molar-refractivity contribution in [2.24, 2.45) is 0 Å². The summed E-state index contributed by atoms with van der Waals surface area (Å²) < 4.78 is 47.5. The van der Waals surface area contributed by atoms with Gasteiger partial charge in [-0.3, -0.25) is 5.10 Å². The smallest absolute Gasteiger partial charge is 0.316 e. The second-order valence-electron chi connectivity index (χ2n) is 4.13. The molecule has 1 aromatic carbocycles. The molecule has 0 aliphatic rings. The topological polar surface area (TPSA) is 74.8 Å². The molecule has 0 radical (unpaired) electrons. The summed E-state index contributed by atoms with van der Waals surface area (Å²) >= 11 is 0. The minimum absolute atomic E-state index is 0.397. The van der Waals surface area contributed by atoms with Crippen molar-refractivity contribution >= 4 is 9.84 Å². The molecule has 0 aliphatic heterocycles. The molecule has 108 valence electrons. The van der Waals surface area contributed by atoms with Crippen LogP contribution in [0.2, 0.25) is 0 Å². The number of nitrogens with zero attached hydrogens (tertiary/aromatic N) is 1. The molecule has 0 bridgehead atoms. The zero-order valence-corrected chi connectivity index (χ0v) is 11.4. The quantitative estimate of drug-likeness (QED) is 0.883. The van der Waals surface area contributed by atoms with Gasteiger partial charge in [-0.15, -0.1) is 0 Å². The van der Waals surface area contributed by atoms with E-state index >= 15 is 0 Å². The Morgan fingerprint density at radius 2 is 1.95 bits per heavy atom. The standard InChI is InChI=1S/C12H13F2N3O2S/c1-15-6-9-7-16-17-11(9)8-2-4-10(5-3-8)20(18,19)12(13)14/h2-5,7,12,15H,6H2,1H3,(H,16,17). The van der Waals surface area contributed by atoms with Gasteiger partial charge in [0.15, 0.2) is 0 Å². The predicted molar refractivity (Wildman–Crippen MR) is 70.0 cm³/mol. The number of alkyl halides is 2. The number of aromatic amines is 1. The van der Waals surface area contributed by atoms with E-state index in [1.165, 1.54) is 24.3 Å². The molecule has 0 spiro atoms. The normalized spacial score (nSPS) is 12.0. The van der Waals surface area contributed by atoms with Gasteiger partial charge in [0.25, 0.3) is 0 Å². The molecule has 0 saturated heterocycles. The van der Waals surface area contributed by atoms with Crippen LogP contribution in [-0.2, 0) is 16.4 Å². The van der Waals surface area contributed by atoms with E-state index in [1.807, 2.05) is 0 Å². The Morgan fingerprint density at radius 1 is 1.30 bits per heavy atom. The van der Waals surface area contributed by atoms with Crippen LogP contribution in [0.3, 0.4) is 0 Å². The minimum atomic E-state index is -4.55. The highest BCUT2D eigenvalue weighted by Crippen LogP contribution is 2.24. The second kappa shape index (κ2) is 5.68. The van der Waals surface area contributed by atoms with E-state index in [2.05, 4.69) is 15.5 Å². The summed E-state index contributed by atoms with van der Waals surface area (Å²) in [6.45, 7) is 0.586. The third-order valence-electron chi connectivity index (χ3n) is 2.79. The molecule has 20 heavy (non-hydrogen) atoms. The van der Waals surface area contributed by atoms with Gasteiger partial charge in [0, 0.05) is 12.1 Å². The summed E-state index contributed by atoms with van der Waals surface area (Å²) in [4.78, 5) is -0.397. The summed E-state index contributed by atoms with van der Waals surface area (Å²) in [7, 11) is -2.77. The fourth-order valence-electron chi connectivity index (χ4n) is 1.80. The SMILES string of the molecule is CNCc1cn[nH]c1-c1ccc(S(=O)(=O)C(F)F)cc1. The predicted octanol–water partition coefficient (Wildman–Crippen LogP) is 1.79. The van der Waals surface area contributed by atoms with Crippen molar-refractivity contribution in [3.63, 3.8) is 0 Å². The Bertz CT molecular complexity index is 681. The van der Waals surface area contributed by atoms with E-state index in [1.54, 1.807) is 13.2 Å². The summed E-state index contributed by atoms with van der Waals surface area (Å²) in [5.74, 6) is -3.42. The molecule has 0 aliphatic carbocycles. The minimum Gasteiger partial charge on any atom is -0.316 e. The molecule has 1 aromatic heterocycles. The zero-order valence-electron chi connectivity index (χ0n) is 10.6. The first-order valence-electron chi connectivity index (χ1n) is 5.76. The Hall–Kier alpha value is -1.80. The van der Waals surface area contributed by atoms with Crippen molar-refractivity contribution in [2.45, 2.75) is 17.2 Å². The molecule has 2 N–H and O–H groups in total. The van der Waals surface area contributed by atoms with Crippen LogP contribution < -0.4 is 5.32 Å². The van der Waals surface area contributed by atoms with E-state index in [0.29, 0.717) is 12.1 Å². The Morgan fingerprint density at radius 3 is 2.50 bits per heavy atom. The number of H-pyrrole nitrogens is 1. The van der Waals surface area contributed by atoms with Gasteiger partial charge in [0.05, 0.1) is 16.8 Å². The average Bonchev–Trinajstić information content (AvgIpc) is 2.87. The number of hydrogen-bond acceptors (Lipinski definition) is 4. The molecule has 0 saturated carbocycles. The average molecular weight is 301 g/mol. The van der Waals surface area contributed by atoms with Crippen molar-refractivity contribution in [3.05, 3.63) is 36.0 Å². The van der Waals surface area contributed by atoms with E-state index in [0.717, 1.165) is 11.3 Å². The number of hydrogen-bond donors (Lipinski definition) is 2. The fraction of sp³-hybridized carbons (Fsp3) is 0.250. The van der Waals surface area contributed by atoms with Gasteiger partial charge < -0.3 is 5.32 Å². The molecular formula is C12H13F2N3O2S. The van der Waals surface area contributed by atoms with Gasteiger partial charge in [0.2, 0.25) is 9.84 Å². The second-order valence-corrected chi connectivity index (χ2v) is 6.05. The lowest BCUT2D eigenvalue weighted by Crippen LogP contribution is -2.11. The molecular weight excluding hydrogens is 288 g/mol. The number of halogens is 2. The third-order valence-corrected chi connectivity index (χ3v) is 4.19. The van der Waals surface area contributed by atoms with E-state index < -0.39 is 20.5 Å². The van der Waals surface area contributed by atoms with Crippen molar-refractivity contribution < 1.29 is 17.2 Å². The molecule has 1 heterocycles. The largest absolute Gasteiger partial charge is 0.341 e. The van der Waals surface area contributed by atoms with Crippen LogP contribution in [-0.4, -0.2) is 31.4 Å². The number of aromatic nitrogens is 2. The third kappa shape index (κ3) is 2.70. The van der Waals surface area contributed by atoms with E-state index in [9.17, 15) is 17.2 Å². The monoisotopic (exact) mass is 301 g/mol.